The molecule has 2 atom stereocenters. The first-order valence-electron chi connectivity index (χ1n) is 5.80. The van der Waals surface area contributed by atoms with Gasteiger partial charge in [-0.05, 0) is 48.8 Å². The van der Waals surface area contributed by atoms with Crippen LogP contribution in [0.2, 0.25) is 0 Å². The normalized spacial score (nSPS) is 29.6. The van der Waals surface area contributed by atoms with Gasteiger partial charge in [-0.25, -0.2) is 4.68 Å². The zero-order valence-corrected chi connectivity index (χ0v) is 11.2. The molecule has 0 amide bonds. The van der Waals surface area contributed by atoms with Crippen LogP contribution < -0.4 is 0 Å². The maximum absolute atomic E-state index is 4.54. The molecular formula is C12H16BrN3. The molecule has 0 aliphatic carbocycles. The lowest BCUT2D eigenvalue weighted by atomic mass is 10.1. The summed E-state index contributed by atoms with van der Waals surface area (Å²) in [4.78, 5) is 2.49. The first-order chi connectivity index (χ1) is 7.65. The molecule has 2 aliphatic heterocycles. The molecule has 16 heavy (non-hydrogen) atoms. The highest BCUT2D eigenvalue weighted by Crippen LogP contribution is 2.35. The highest BCUT2D eigenvalue weighted by Gasteiger charge is 2.34. The molecule has 1 aromatic heterocycles. The molecule has 0 aromatic carbocycles. The topological polar surface area (TPSA) is 21.1 Å². The van der Waals surface area contributed by atoms with E-state index in [1.54, 1.807) is 0 Å². The SMILES string of the molecule is Cc1nn(C2=CC3CCC(C2)N3C)cc1Br. The summed E-state index contributed by atoms with van der Waals surface area (Å²) < 4.78 is 3.14. The van der Waals surface area contributed by atoms with Gasteiger partial charge in [0.05, 0.1) is 10.2 Å². The van der Waals surface area contributed by atoms with Crippen LogP contribution in [0.15, 0.2) is 16.7 Å². The third-order valence-electron chi connectivity index (χ3n) is 3.86. The van der Waals surface area contributed by atoms with Gasteiger partial charge in [0.25, 0.3) is 0 Å². The van der Waals surface area contributed by atoms with E-state index < -0.39 is 0 Å². The molecule has 0 spiro atoms. The highest BCUT2D eigenvalue weighted by molar-refractivity contribution is 9.10. The first-order valence-corrected chi connectivity index (χ1v) is 6.59. The number of aryl methyl sites for hydroxylation is 1. The molecule has 3 rings (SSSR count). The molecule has 1 saturated heterocycles. The van der Waals surface area contributed by atoms with Crippen molar-refractivity contribution in [3.8, 4) is 0 Å². The standard InChI is InChI=1S/C12H16BrN3/c1-8-12(13)7-16(14-8)11-5-9-3-4-10(6-11)15(9)2/h5,7,9-10H,3-4,6H2,1-2H3. The predicted molar refractivity (Wildman–Crippen MR) is 68.1 cm³/mol. The number of likely N-dealkylation sites (N-methyl/N-ethyl adjacent to an activating group) is 1. The van der Waals surface area contributed by atoms with Gasteiger partial charge in [-0.1, -0.05) is 0 Å². The Kier molecular flexibility index (Phi) is 2.44. The maximum atomic E-state index is 4.54. The first kappa shape index (κ1) is 10.5. The largest absolute Gasteiger partial charge is 0.297 e. The molecule has 2 bridgehead atoms. The van der Waals surface area contributed by atoms with Gasteiger partial charge in [-0.2, -0.15) is 5.10 Å². The fourth-order valence-corrected chi connectivity index (χ4v) is 3.05. The monoisotopic (exact) mass is 281 g/mol. The Morgan fingerprint density at radius 1 is 1.44 bits per heavy atom. The van der Waals surface area contributed by atoms with Crippen molar-refractivity contribution in [1.29, 1.82) is 0 Å². The molecule has 2 aliphatic rings. The summed E-state index contributed by atoms with van der Waals surface area (Å²) in [5.74, 6) is 0. The Hall–Kier alpha value is -0.610. The molecule has 2 unspecified atom stereocenters. The zero-order valence-electron chi connectivity index (χ0n) is 9.65. The average Bonchev–Trinajstić information content (AvgIpc) is 2.67. The Morgan fingerprint density at radius 3 is 2.88 bits per heavy atom. The van der Waals surface area contributed by atoms with Gasteiger partial charge in [-0.3, -0.25) is 4.90 Å². The molecule has 0 N–H and O–H groups in total. The van der Waals surface area contributed by atoms with Gasteiger partial charge in [-0.15, -0.1) is 0 Å². The van der Waals surface area contributed by atoms with E-state index in [1.165, 1.54) is 18.5 Å². The van der Waals surface area contributed by atoms with E-state index in [4.69, 9.17) is 0 Å². The maximum Gasteiger partial charge on any atom is 0.0740 e. The van der Waals surface area contributed by atoms with E-state index in [0.717, 1.165) is 16.6 Å². The van der Waals surface area contributed by atoms with Crippen LogP contribution in [0.25, 0.3) is 5.70 Å². The van der Waals surface area contributed by atoms with Crippen LogP contribution in [0.1, 0.15) is 25.0 Å². The van der Waals surface area contributed by atoms with Crippen molar-refractivity contribution < 1.29 is 0 Å². The van der Waals surface area contributed by atoms with Gasteiger partial charge >= 0.3 is 0 Å². The van der Waals surface area contributed by atoms with Crippen molar-refractivity contribution in [2.75, 3.05) is 7.05 Å². The molecule has 0 saturated carbocycles. The van der Waals surface area contributed by atoms with Crippen LogP contribution in [0, 0.1) is 6.92 Å². The molecule has 3 heterocycles. The fourth-order valence-electron chi connectivity index (χ4n) is 2.78. The highest BCUT2D eigenvalue weighted by atomic mass is 79.9. The Morgan fingerprint density at radius 2 is 2.25 bits per heavy atom. The second kappa shape index (κ2) is 3.70. The quantitative estimate of drug-likeness (QED) is 0.789. The lowest BCUT2D eigenvalue weighted by molar-refractivity contribution is 0.261. The summed E-state index contributed by atoms with van der Waals surface area (Å²) >= 11 is 3.52. The number of aromatic nitrogens is 2. The third kappa shape index (κ3) is 1.55. The molecule has 3 nitrogen and oxygen atoms in total. The van der Waals surface area contributed by atoms with E-state index in [9.17, 15) is 0 Å². The molecular weight excluding hydrogens is 266 g/mol. The number of rotatable bonds is 1. The minimum Gasteiger partial charge on any atom is -0.297 e. The third-order valence-corrected chi connectivity index (χ3v) is 4.64. The van der Waals surface area contributed by atoms with Crippen molar-refractivity contribution >= 4 is 21.6 Å². The number of hydrogen-bond donors (Lipinski definition) is 0. The van der Waals surface area contributed by atoms with Gasteiger partial charge in [0.2, 0.25) is 0 Å². The van der Waals surface area contributed by atoms with Crippen LogP contribution in [0.5, 0.6) is 0 Å². The van der Waals surface area contributed by atoms with Crippen LogP contribution in [-0.4, -0.2) is 33.8 Å². The Labute approximate surface area is 104 Å². The summed E-state index contributed by atoms with van der Waals surface area (Å²) in [7, 11) is 2.24. The van der Waals surface area contributed by atoms with E-state index in [0.29, 0.717) is 12.1 Å². The molecule has 86 valence electrons. The van der Waals surface area contributed by atoms with Crippen molar-refractivity contribution in [2.45, 2.75) is 38.3 Å². The van der Waals surface area contributed by atoms with Crippen molar-refractivity contribution in [1.82, 2.24) is 14.7 Å². The zero-order chi connectivity index (χ0) is 11.3. The average molecular weight is 282 g/mol. The fraction of sp³-hybridized carbons (Fsp3) is 0.583. The second-order valence-electron chi connectivity index (χ2n) is 4.83. The van der Waals surface area contributed by atoms with E-state index in [2.05, 4.69) is 45.2 Å². The van der Waals surface area contributed by atoms with Gasteiger partial charge in [0, 0.05) is 30.4 Å². The predicted octanol–water partition coefficient (Wildman–Crippen LogP) is 2.66. The van der Waals surface area contributed by atoms with Crippen LogP contribution in [0.3, 0.4) is 0 Å². The van der Waals surface area contributed by atoms with Crippen molar-refractivity contribution in [3.63, 3.8) is 0 Å². The summed E-state index contributed by atoms with van der Waals surface area (Å²) in [5.41, 5.74) is 2.42. The number of nitrogens with zero attached hydrogens (tertiary/aromatic N) is 3. The Balaban J connectivity index is 1.94. The number of halogens is 1. The molecule has 1 aromatic rings. The molecule has 0 radical (unpaired) electrons. The van der Waals surface area contributed by atoms with Gasteiger partial charge in [0.15, 0.2) is 0 Å². The lowest BCUT2D eigenvalue weighted by Crippen LogP contribution is -2.35. The van der Waals surface area contributed by atoms with E-state index >= 15 is 0 Å². The second-order valence-corrected chi connectivity index (χ2v) is 5.69. The summed E-state index contributed by atoms with van der Waals surface area (Å²) in [6, 6.07) is 1.34. The lowest BCUT2D eigenvalue weighted by Gasteiger charge is -2.30. The minimum atomic E-state index is 0.622. The minimum absolute atomic E-state index is 0.622. The summed E-state index contributed by atoms with van der Waals surface area (Å²) in [5, 5.41) is 4.54. The van der Waals surface area contributed by atoms with Crippen LogP contribution >= 0.6 is 15.9 Å². The molecule has 4 heteroatoms. The van der Waals surface area contributed by atoms with Crippen molar-refractivity contribution in [2.24, 2.45) is 0 Å². The van der Waals surface area contributed by atoms with Gasteiger partial charge in [0.1, 0.15) is 0 Å². The van der Waals surface area contributed by atoms with E-state index in [1.807, 2.05) is 11.6 Å². The Bertz CT molecular complexity index is 430. The van der Waals surface area contributed by atoms with Gasteiger partial charge < -0.3 is 0 Å². The van der Waals surface area contributed by atoms with Crippen LogP contribution in [-0.2, 0) is 0 Å². The van der Waals surface area contributed by atoms with Crippen molar-refractivity contribution in [3.05, 3.63) is 22.4 Å². The van der Waals surface area contributed by atoms with E-state index in [-0.39, 0.29) is 0 Å². The summed E-state index contributed by atoms with van der Waals surface area (Å²) in [6.07, 6.45) is 8.20. The number of fused-ring (bicyclic) bond motifs is 2. The smallest absolute Gasteiger partial charge is 0.0740 e. The summed E-state index contributed by atoms with van der Waals surface area (Å²) in [6.45, 7) is 2.03. The van der Waals surface area contributed by atoms with Crippen LogP contribution in [0.4, 0.5) is 0 Å². The number of hydrogen-bond acceptors (Lipinski definition) is 2. The molecule has 1 fully saturated rings.